The number of halogens is 1. The van der Waals surface area contributed by atoms with E-state index in [2.05, 4.69) is 4.99 Å². The van der Waals surface area contributed by atoms with E-state index in [4.69, 9.17) is 21.1 Å². The minimum Gasteiger partial charge on any atom is -0.422 e. The lowest BCUT2D eigenvalue weighted by Crippen LogP contribution is -2.09. The summed E-state index contributed by atoms with van der Waals surface area (Å²) < 4.78 is 10.8. The van der Waals surface area contributed by atoms with Gasteiger partial charge in [-0.3, -0.25) is 0 Å². The second kappa shape index (κ2) is 8.35. The van der Waals surface area contributed by atoms with Crippen molar-refractivity contribution in [2.45, 2.75) is 6.92 Å². The van der Waals surface area contributed by atoms with Gasteiger partial charge in [0.15, 0.2) is 5.70 Å². The molecular formula is C24H16ClNO4. The normalized spacial score (nSPS) is 14.4. The van der Waals surface area contributed by atoms with Gasteiger partial charge in [0, 0.05) is 16.1 Å². The number of ether oxygens (including phenoxy) is 2. The Bertz CT molecular complexity index is 1180. The van der Waals surface area contributed by atoms with Gasteiger partial charge >= 0.3 is 11.9 Å². The van der Waals surface area contributed by atoms with Gasteiger partial charge in [-0.15, -0.1) is 0 Å². The SMILES string of the molecule is Cc1ccc(C2=N/C(=C\c3ccccc3OC(=O)c3ccc(Cl)cc3)C(=O)O2)cc1. The van der Waals surface area contributed by atoms with Crippen molar-refractivity contribution in [3.63, 3.8) is 0 Å². The van der Waals surface area contributed by atoms with Gasteiger partial charge in [-0.25, -0.2) is 14.6 Å². The van der Waals surface area contributed by atoms with Crippen molar-refractivity contribution in [3.05, 3.63) is 106 Å². The summed E-state index contributed by atoms with van der Waals surface area (Å²) in [4.78, 5) is 29.0. The van der Waals surface area contributed by atoms with Gasteiger partial charge in [-0.1, -0.05) is 47.5 Å². The molecule has 1 aliphatic rings. The topological polar surface area (TPSA) is 65.0 Å². The number of hydrogen-bond donors (Lipinski definition) is 0. The molecule has 0 N–H and O–H groups in total. The molecule has 0 saturated carbocycles. The molecule has 4 rings (SSSR count). The summed E-state index contributed by atoms with van der Waals surface area (Å²) in [5, 5.41) is 0.527. The number of para-hydroxylation sites is 1. The summed E-state index contributed by atoms with van der Waals surface area (Å²) in [6, 6.07) is 20.8. The number of aliphatic imine (C=N–C) groups is 1. The molecule has 3 aromatic rings. The van der Waals surface area contributed by atoms with Crippen LogP contribution >= 0.6 is 11.6 Å². The maximum Gasteiger partial charge on any atom is 0.363 e. The van der Waals surface area contributed by atoms with Crippen molar-refractivity contribution in [2.75, 3.05) is 0 Å². The summed E-state index contributed by atoms with van der Waals surface area (Å²) in [6.07, 6.45) is 1.54. The van der Waals surface area contributed by atoms with Gasteiger partial charge in [0.25, 0.3) is 0 Å². The molecule has 6 heteroatoms. The molecule has 0 bridgehead atoms. The summed E-state index contributed by atoms with van der Waals surface area (Å²) in [6.45, 7) is 1.97. The van der Waals surface area contributed by atoms with E-state index in [0.717, 1.165) is 5.56 Å². The van der Waals surface area contributed by atoms with Crippen LogP contribution in [-0.2, 0) is 9.53 Å². The summed E-state index contributed by atoms with van der Waals surface area (Å²) in [7, 11) is 0. The molecule has 0 spiro atoms. The molecule has 0 saturated heterocycles. The van der Waals surface area contributed by atoms with E-state index < -0.39 is 11.9 Å². The Morgan fingerprint density at radius 3 is 2.43 bits per heavy atom. The zero-order valence-electron chi connectivity index (χ0n) is 16.0. The van der Waals surface area contributed by atoms with Gasteiger partial charge in [0.1, 0.15) is 5.75 Å². The van der Waals surface area contributed by atoms with Crippen LogP contribution in [0.15, 0.2) is 83.5 Å². The summed E-state index contributed by atoms with van der Waals surface area (Å²) in [5.41, 5.74) is 2.82. The lowest BCUT2D eigenvalue weighted by molar-refractivity contribution is -0.129. The maximum atomic E-state index is 12.4. The van der Waals surface area contributed by atoms with E-state index in [0.29, 0.717) is 27.5 Å². The molecule has 0 fully saturated rings. The highest BCUT2D eigenvalue weighted by atomic mass is 35.5. The standard InChI is InChI=1S/C24H16ClNO4/c1-15-6-8-16(9-7-15)22-26-20(24(28)30-22)14-18-4-2-3-5-21(18)29-23(27)17-10-12-19(25)13-11-17/h2-14H,1H3/b20-14-. The van der Waals surface area contributed by atoms with E-state index >= 15 is 0 Å². The molecule has 0 atom stereocenters. The number of nitrogens with zero attached hydrogens (tertiary/aromatic N) is 1. The molecule has 1 aliphatic heterocycles. The van der Waals surface area contributed by atoms with Crippen molar-refractivity contribution in [2.24, 2.45) is 4.99 Å². The molecule has 0 unspecified atom stereocenters. The van der Waals surface area contributed by atoms with Crippen molar-refractivity contribution >= 4 is 35.5 Å². The molecule has 148 valence electrons. The Morgan fingerprint density at radius 2 is 1.70 bits per heavy atom. The molecule has 30 heavy (non-hydrogen) atoms. The van der Waals surface area contributed by atoms with Crippen molar-refractivity contribution in [1.29, 1.82) is 0 Å². The minimum absolute atomic E-state index is 0.126. The smallest absolute Gasteiger partial charge is 0.363 e. The number of carbonyl (C=O) groups is 2. The third kappa shape index (κ3) is 4.31. The van der Waals surface area contributed by atoms with E-state index in [1.807, 2.05) is 31.2 Å². The molecule has 0 aromatic heterocycles. The Morgan fingerprint density at radius 1 is 1.00 bits per heavy atom. The zero-order valence-corrected chi connectivity index (χ0v) is 16.7. The third-order valence-electron chi connectivity index (χ3n) is 4.41. The van der Waals surface area contributed by atoms with Crippen LogP contribution in [0.2, 0.25) is 5.02 Å². The lowest BCUT2D eigenvalue weighted by atomic mass is 10.1. The van der Waals surface area contributed by atoms with Crippen molar-refractivity contribution in [3.8, 4) is 5.75 Å². The van der Waals surface area contributed by atoms with Gasteiger partial charge in [0.2, 0.25) is 5.90 Å². The maximum absolute atomic E-state index is 12.4. The fraction of sp³-hybridized carbons (Fsp3) is 0.0417. The molecular weight excluding hydrogens is 402 g/mol. The van der Waals surface area contributed by atoms with Crippen LogP contribution in [0, 0.1) is 6.92 Å². The first kappa shape index (κ1) is 19.6. The Kier molecular flexibility index (Phi) is 5.46. The van der Waals surface area contributed by atoms with Crippen LogP contribution in [0.25, 0.3) is 6.08 Å². The van der Waals surface area contributed by atoms with Gasteiger partial charge < -0.3 is 9.47 Å². The number of rotatable bonds is 4. The molecule has 0 radical (unpaired) electrons. The number of esters is 2. The third-order valence-corrected chi connectivity index (χ3v) is 4.66. The van der Waals surface area contributed by atoms with Crippen LogP contribution < -0.4 is 4.74 Å². The quantitative estimate of drug-likeness (QED) is 0.332. The minimum atomic E-state index is -0.565. The number of aryl methyl sites for hydroxylation is 1. The first-order chi connectivity index (χ1) is 14.5. The van der Waals surface area contributed by atoms with Crippen LogP contribution in [0.4, 0.5) is 0 Å². The number of hydrogen-bond acceptors (Lipinski definition) is 5. The largest absolute Gasteiger partial charge is 0.422 e. The number of benzene rings is 3. The van der Waals surface area contributed by atoms with E-state index in [1.165, 1.54) is 6.08 Å². The Hall–Kier alpha value is -3.70. The van der Waals surface area contributed by atoms with Crippen LogP contribution in [-0.4, -0.2) is 17.8 Å². The van der Waals surface area contributed by atoms with Gasteiger partial charge in [-0.2, -0.15) is 0 Å². The van der Waals surface area contributed by atoms with Gasteiger partial charge in [-0.05, 0) is 55.5 Å². The molecule has 1 heterocycles. The summed E-state index contributed by atoms with van der Waals surface area (Å²) >= 11 is 5.86. The zero-order chi connectivity index (χ0) is 21.1. The predicted molar refractivity (Wildman–Crippen MR) is 115 cm³/mol. The van der Waals surface area contributed by atoms with Crippen molar-refractivity contribution in [1.82, 2.24) is 0 Å². The Balaban J connectivity index is 1.61. The highest BCUT2D eigenvalue weighted by Crippen LogP contribution is 2.25. The van der Waals surface area contributed by atoms with Crippen LogP contribution in [0.1, 0.15) is 27.0 Å². The molecule has 5 nitrogen and oxygen atoms in total. The predicted octanol–water partition coefficient (Wildman–Crippen LogP) is 5.21. The number of cyclic esters (lactones) is 1. The molecule has 0 amide bonds. The second-order valence-electron chi connectivity index (χ2n) is 6.64. The fourth-order valence-corrected chi connectivity index (χ4v) is 2.94. The van der Waals surface area contributed by atoms with Crippen molar-refractivity contribution < 1.29 is 19.1 Å². The van der Waals surface area contributed by atoms with E-state index in [-0.39, 0.29) is 11.6 Å². The Labute approximate surface area is 178 Å². The lowest BCUT2D eigenvalue weighted by Gasteiger charge is -2.07. The van der Waals surface area contributed by atoms with E-state index in [1.54, 1.807) is 48.5 Å². The highest BCUT2D eigenvalue weighted by Gasteiger charge is 2.24. The fourth-order valence-electron chi connectivity index (χ4n) is 2.81. The average Bonchev–Trinajstić information content (AvgIpc) is 3.10. The first-order valence-corrected chi connectivity index (χ1v) is 9.54. The number of carbonyl (C=O) groups excluding carboxylic acids is 2. The van der Waals surface area contributed by atoms with Crippen LogP contribution in [0.3, 0.4) is 0 Å². The van der Waals surface area contributed by atoms with E-state index in [9.17, 15) is 9.59 Å². The summed E-state index contributed by atoms with van der Waals surface area (Å²) in [5.74, 6) is -0.557. The van der Waals surface area contributed by atoms with Gasteiger partial charge in [0.05, 0.1) is 5.56 Å². The monoisotopic (exact) mass is 417 g/mol. The van der Waals surface area contributed by atoms with Crippen LogP contribution in [0.5, 0.6) is 5.75 Å². The second-order valence-corrected chi connectivity index (χ2v) is 7.07. The molecule has 3 aromatic carbocycles. The average molecular weight is 418 g/mol. The first-order valence-electron chi connectivity index (χ1n) is 9.16. The molecule has 0 aliphatic carbocycles. The highest BCUT2D eigenvalue weighted by molar-refractivity contribution is 6.30.